The molecular formula is C36H34F3N3O3. The third-order valence-corrected chi connectivity index (χ3v) is 7.72. The Morgan fingerprint density at radius 1 is 0.822 bits per heavy atom. The standard InChI is InChI=1S/C36H34F3N3O3/c1-2-3-18-42-30(34(27-10-6-4-7-11-27)40-35(42)28-12-8-5-9-13-28)23-41(22-26-15-17-32-33(20-26)44-24-43-32)21-25-14-16-31(29(37)19-25)45-36(38)39/h4-17,19-20,36H,2-3,18,21-24H2,1H3. The lowest BCUT2D eigenvalue weighted by molar-refractivity contribution is -0.0522. The number of ether oxygens (including phenoxy) is 3. The molecule has 1 aromatic heterocycles. The molecule has 0 bridgehead atoms. The van der Waals surface area contributed by atoms with Gasteiger partial charge in [-0.3, -0.25) is 4.90 Å². The molecule has 1 aliphatic rings. The van der Waals surface area contributed by atoms with Crippen LogP contribution in [-0.4, -0.2) is 27.9 Å². The van der Waals surface area contributed by atoms with Crippen molar-refractivity contribution in [3.8, 4) is 39.9 Å². The van der Waals surface area contributed by atoms with Gasteiger partial charge in [0.25, 0.3) is 0 Å². The highest BCUT2D eigenvalue weighted by molar-refractivity contribution is 5.68. The van der Waals surface area contributed by atoms with Crippen molar-refractivity contribution in [1.29, 1.82) is 0 Å². The Morgan fingerprint density at radius 3 is 2.18 bits per heavy atom. The molecule has 0 spiro atoms. The van der Waals surface area contributed by atoms with E-state index < -0.39 is 18.2 Å². The van der Waals surface area contributed by atoms with Crippen LogP contribution in [0.2, 0.25) is 0 Å². The van der Waals surface area contributed by atoms with E-state index in [0.717, 1.165) is 53.3 Å². The molecule has 0 saturated heterocycles. The van der Waals surface area contributed by atoms with Crippen molar-refractivity contribution in [2.45, 2.75) is 52.6 Å². The predicted octanol–water partition coefficient (Wildman–Crippen LogP) is 8.69. The minimum Gasteiger partial charge on any atom is -0.454 e. The first-order chi connectivity index (χ1) is 22.0. The Bertz CT molecular complexity index is 1730. The fourth-order valence-electron chi connectivity index (χ4n) is 5.61. The van der Waals surface area contributed by atoms with E-state index in [4.69, 9.17) is 14.5 Å². The van der Waals surface area contributed by atoms with Crippen molar-refractivity contribution in [2.24, 2.45) is 0 Å². The lowest BCUT2D eigenvalue weighted by Crippen LogP contribution is -2.25. The number of hydrogen-bond acceptors (Lipinski definition) is 5. The molecule has 2 heterocycles. The Morgan fingerprint density at radius 2 is 1.49 bits per heavy atom. The molecule has 0 N–H and O–H groups in total. The van der Waals surface area contributed by atoms with E-state index in [1.807, 2.05) is 54.6 Å². The van der Waals surface area contributed by atoms with Crippen molar-refractivity contribution < 1.29 is 27.4 Å². The lowest BCUT2D eigenvalue weighted by Gasteiger charge is -2.25. The number of rotatable bonds is 13. The first kappa shape index (κ1) is 30.3. The van der Waals surface area contributed by atoms with E-state index in [9.17, 15) is 13.2 Å². The molecule has 0 saturated carbocycles. The van der Waals surface area contributed by atoms with E-state index in [2.05, 4.69) is 45.4 Å². The molecule has 6 rings (SSSR count). The Balaban J connectivity index is 1.42. The number of nitrogens with zero attached hydrogens (tertiary/aromatic N) is 3. The zero-order valence-corrected chi connectivity index (χ0v) is 25.0. The van der Waals surface area contributed by atoms with Gasteiger partial charge in [-0.2, -0.15) is 8.78 Å². The van der Waals surface area contributed by atoms with Gasteiger partial charge in [0.05, 0.1) is 11.4 Å². The van der Waals surface area contributed by atoms with Crippen LogP contribution < -0.4 is 14.2 Å². The van der Waals surface area contributed by atoms with Gasteiger partial charge >= 0.3 is 6.61 Å². The van der Waals surface area contributed by atoms with Crippen molar-refractivity contribution in [3.63, 3.8) is 0 Å². The second kappa shape index (κ2) is 13.9. The van der Waals surface area contributed by atoms with Gasteiger partial charge in [0.1, 0.15) is 5.82 Å². The molecule has 0 aliphatic carbocycles. The summed E-state index contributed by atoms with van der Waals surface area (Å²) in [7, 11) is 0. The van der Waals surface area contributed by atoms with Crippen molar-refractivity contribution in [3.05, 3.63) is 120 Å². The summed E-state index contributed by atoms with van der Waals surface area (Å²) in [5.74, 6) is 0.947. The summed E-state index contributed by atoms with van der Waals surface area (Å²) in [4.78, 5) is 7.42. The van der Waals surface area contributed by atoms with Crippen LogP contribution in [0.1, 0.15) is 36.6 Å². The zero-order valence-electron chi connectivity index (χ0n) is 25.0. The smallest absolute Gasteiger partial charge is 0.387 e. The van der Waals surface area contributed by atoms with E-state index >= 15 is 0 Å². The molecule has 4 aromatic carbocycles. The van der Waals surface area contributed by atoms with Gasteiger partial charge < -0.3 is 18.8 Å². The molecule has 6 nitrogen and oxygen atoms in total. The fraction of sp³-hybridized carbons (Fsp3) is 0.250. The molecule has 232 valence electrons. The predicted molar refractivity (Wildman–Crippen MR) is 167 cm³/mol. The van der Waals surface area contributed by atoms with Crippen LogP contribution in [0.3, 0.4) is 0 Å². The highest BCUT2D eigenvalue weighted by Crippen LogP contribution is 2.35. The molecule has 0 fully saturated rings. The van der Waals surface area contributed by atoms with Gasteiger partial charge in [-0.25, -0.2) is 9.37 Å². The topological polar surface area (TPSA) is 48.8 Å². The molecule has 0 amide bonds. The molecule has 0 unspecified atom stereocenters. The summed E-state index contributed by atoms with van der Waals surface area (Å²) in [6, 6.07) is 30.2. The van der Waals surface area contributed by atoms with Gasteiger partial charge in [-0.15, -0.1) is 0 Å². The summed E-state index contributed by atoms with van der Waals surface area (Å²) in [5, 5.41) is 0. The first-order valence-corrected chi connectivity index (χ1v) is 15.0. The van der Waals surface area contributed by atoms with E-state index in [1.54, 1.807) is 6.07 Å². The van der Waals surface area contributed by atoms with Gasteiger partial charge in [-0.1, -0.05) is 86.1 Å². The summed E-state index contributed by atoms with van der Waals surface area (Å²) >= 11 is 0. The first-order valence-electron chi connectivity index (χ1n) is 15.0. The molecule has 0 atom stereocenters. The number of benzene rings is 4. The number of hydrogen-bond donors (Lipinski definition) is 0. The van der Waals surface area contributed by atoms with Crippen LogP contribution in [0.4, 0.5) is 13.2 Å². The maximum atomic E-state index is 14.8. The number of imidazole rings is 1. The van der Waals surface area contributed by atoms with Gasteiger partial charge in [0.2, 0.25) is 6.79 Å². The highest BCUT2D eigenvalue weighted by atomic mass is 19.3. The Labute approximate surface area is 260 Å². The average molecular weight is 614 g/mol. The average Bonchev–Trinajstić information content (AvgIpc) is 3.66. The van der Waals surface area contributed by atoms with Crippen LogP contribution in [0.5, 0.6) is 17.2 Å². The molecular weight excluding hydrogens is 579 g/mol. The van der Waals surface area contributed by atoms with E-state index in [-0.39, 0.29) is 6.79 Å². The summed E-state index contributed by atoms with van der Waals surface area (Å²) in [6.45, 7) is 1.34. The third kappa shape index (κ3) is 7.15. The van der Waals surface area contributed by atoms with E-state index in [0.29, 0.717) is 36.7 Å². The van der Waals surface area contributed by atoms with Crippen molar-refractivity contribution >= 4 is 0 Å². The quantitative estimate of drug-likeness (QED) is 0.133. The van der Waals surface area contributed by atoms with Crippen LogP contribution in [-0.2, 0) is 26.2 Å². The summed E-state index contributed by atoms with van der Waals surface area (Å²) in [5.41, 5.74) is 5.56. The maximum Gasteiger partial charge on any atom is 0.387 e. The van der Waals surface area contributed by atoms with Crippen LogP contribution in [0.15, 0.2) is 97.1 Å². The molecule has 45 heavy (non-hydrogen) atoms. The Hall–Kier alpha value is -4.76. The number of alkyl halides is 2. The fourth-order valence-corrected chi connectivity index (χ4v) is 5.61. The minimum atomic E-state index is -3.11. The van der Waals surface area contributed by atoms with Gasteiger partial charge in [0.15, 0.2) is 23.1 Å². The number of aromatic nitrogens is 2. The highest BCUT2D eigenvalue weighted by Gasteiger charge is 2.23. The normalized spacial score (nSPS) is 12.3. The molecule has 9 heteroatoms. The molecule has 1 aliphatic heterocycles. The second-order valence-corrected chi connectivity index (χ2v) is 10.9. The zero-order chi connectivity index (χ0) is 31.2. The Kier molecular flexibility index (Phi) is 9.35. The summed E-state index contributed by atoms with van der Waals surface area (Å²) in [6.07, 6.45) is 1.98. The van der Waals surface area contributed by atoms with Crippen LogP contribution in [0, 0.1) is 5.82 Å². The SMILES string of the molecule is CCCCn1c(-c2ccccc2)nc(-c2ccccc2)c1CN(Cc1ccc(OC(F)F)c(F)c1)Cc1ccc2c(c1)OCO2. The summed E-state index contributed by atoms with van der Waals surface area (Å²) < 4.78 is 58.2. The number of unbranched alkanes of at least 4 members (excludes halogenated alkanes) is 1. The largest absolute Gasteiger partial charge is 0.454 e. The minimum absolute atomic E-state index is 0.175. The monoisotopic (exact) mass is 613 g/mol. The van der Waals surface area contributed by atoms with Crippen LogP contribution >= 0.6 is 0 Å². The number of fused-ring (bicyclic) bond motifs is 1. The van der Waals surface area contributed by atoms with E-state index in [1.165, 1.54) is 12.1 Å². The van der Waals surface area contributed by atoms with Gasteiger partial charge in [-0.05, 0) is 41.8 Å². The second-order valence-electron chi connectivity index (χ2n) is 10.9. The van der Waals surface area contributed by atoms with Crippen molar-refractivity contribution in [1.82, 2.24) is 14.5 Å². The third-order valence-electron chi connectivity index (χ3n) is 7.72. The van der Waals surface area contributed by atoms with Crippen LogP contribution in [0.25, 0.3) is 22.6 Å². The molecule has 5 aromatic rings. The maximum absolute atomic E-state index is 14.8. The van der Waals surface area contributed by atoms with Gasteiger partial charge in [0, 0.05) is 37.3 Å². The molecule has 0 radical (unpaired) electrons. The number of halogens is 3. The lowest BCUT2D eigenvalue weighted by atomic mass is 10.1. The van der Waals surface area contributed by atoms with Crippen molar-refractivity contribution in [2.75, 3.05) is 6.79 Å².